The maximum absolute atomic E-state index is 13.9. The molecule has 1 aliphatic heterocycles. The molecule has 1 saturated heterocycles. The Morgan fingerprint density at radius 1 is 1.18 bits per heavy atom. The molecule has 182 valence electrons. The molecular weight excluding hydrogens is 430 g/mol. The van der Waals surface area contributed by atoms with Crippen LogP contribution in [0.3, 0.4) is 0 Å². The zero-order chi connectivity index (χ0) is 23.4. The minimum atomic E-state index is -2.80. The number of amides is 2. The molecule has 1 atom stereocenters. The lowest BCUT2D eigenvalue weighted by molar-refractivity contribution is -0.125. The molecule has 3 N–H and O–H groups in total. The molecule has 0 spiro atoms. The SMILES string of the molecule is NC[C@@H](C(=O)Nc1ccc(N2CCOCC2=O)cc1C(F)F)N(CC1CCC1)CC1CCC1. The number of nitrogens with one attached hydrogen (secondary N) is 1. The quantitative estimate of drug-likeness (QED) is 0.555. The standard InChI is InChI=1S/C24H34F2N4O3/c25-23(26)19-11-18(30-9-10-33-15-22(30)31)7-8-20(19)28-24(32)21(12-27)29(13-16-3-1-4-16)14-17-5-2-6-17/h7-8,11,16-17,21,23H,1-6,9-10,12-15,27H2,(H,28,32)/t21-/m0/s1. The topological polar surface area (TPSA) is 87.9 Å². The van der Waals surface area contributed by atoms with Crippen molar-refractivity contribution >= 4 is 23.2 Å². The highest BCUT2D eigenvalue weighted by Gasteiger charge is 2.33. The highest BCUT2D eigenvalue weighted by atomic mass is 19.3. The number of benzene rings is 1. The highest BCUT2D eigenvalue weighted by Crippen LogP contribution is 2.34. The number of nitrogens with two attached hydrogens (primary N) is 1. The van der Waals surface area contributed by atoms with Gasteiger partial charge in [0.25, 0.3) is 12.3 Å². The van der Waals surface area contributed by atoms with Crippen molar-refractivity contribution in [3.05, 3.63) is 23.8 Å². The molecule has 0 unspecified atom stereocenters. The van der Waals surface area contributed by atoms with E-state index in [1.807, 2.05) is 0 Å². The molecule has 9 heteroatoms. The van der Waals surface area contributed by atoms with E-state index in [-0.39, 0.29) is 36.2 Å². The molecule has 1 aromatic rings. The van der Waals surface area contributed by atoms with Gasteiger partial charge in [-0.25, -0.2) is 8.78 Å². The smallest absolute Gasteiger partial charge is 0.265 e. The Kier molecular flexibility index (Phi) is 7.93. The van der Waals surface area contributed by atoms with Crippen LogP contribution in [-0.2, 0) is 14.3 Å². The number of carbonyl (C=O) groups excluding carboxylic acids is 2. The van der Waals surface area contributed by atoms with E-state index in [1.54, 1.807) is 6.07 Å². The minimum Gasteiger partial charge on any atom is -0.370 e. The molecular formula is C24H34F2N4O3. The molecule has 4 rings (SSSR count). The van der Waals surface area contributed by atoms with Gasteiger partial charge < -0.3 is 20.7 Å². The average Bonchev–Trinajstić information content (AvgIpc) is 2.73. The number of rotatable bonds is 10. The molecule has 0 radical (unpaired) electrons. The lowest BCUT2D eigenvalue weighted by Gasteiger charge is -2.40. The lowest BCUT2D eigenvalue weighted by atomic mass is 9.82. The molecule has 1 heterocycles. The van der Waals surface area contributed by atoms with E-state index in [9.17, 15) is 18.4 Å². The van der Waals surface area contributed by atoms with Crippen LogP contribution in [-0.4, -0.2) is 62.1 Å². The number of alkyl halides is 2. The minimum absolute atomic E-state index is 0.0603. The first-order chi connectivity index (χ1) is 16.0. The molecule has 1 aromatic carbocycles. The van der Waals surface area contributed by atoms with E-state index in [0.29, 0.717) is 30.7 Å². The van der Waals surface area contributed by atoms with Gasteiger partial charge in [-0.2, -0.15) is 0 Å². The third kappa shape index (κ3) is 5.70. The first kappa shape index (κ1) is 24.0. The Balaban J connectivity index is 1.50. The van der Waals surface area contributed by atoms with Crippen molar-refractivity contribution < 1.29 is 23.1 Å². The van der Waals surface area contributed by atoms with Gasteiger partial charge in [-0.3, -0.25) is 14.5 Å². The monoisotopic (exact) mass is 464 g/mol. The van der Waals surface area contributed by atoms with E-state index in [4.69, 9.17) is 10.5 Å². The van der Waals surface area contributed by atoms with Crippen molar-refractivity contribution in [3.63, 3.8) is 0 Å². The summed E-state index contributed by atoms with van der Waals surface area (Å²) in [5.74, 6) is 0.528. The first-order valence-electron chi connectivity index (χ1n) is 12.0. The zero-order valence-electron chi connectivity index (χ0n) is 19.0. The predicted molar refractivity (Wildman–Crippen MR) is 122 cm³/mol. The summed E-state index contributed by atoms with van der Waals surface area (Å²) in [4.78, 5) is 28.9. The number of ether oxygens (including phenoxy) is 1. The number of nitrogens with zero attached hydrogens (tertiary/aromatic N) is 2. The van der Waals surface area contributed by atoms with Gasteiger partial charge in [0.2, 0.25) is 5.91 Å². The molecule has 33 heavy (non-hydrogen) atoms. The van der Waals surface area contributed by atoms with Crippen molar-refractivity contribution in [2.24, 2.45) is 17.6 Å². The predicted octanol–water partition coefficient (Wildman–Crippen LogP) is 3.16. The van der Waals surface area contributed by atoms with Crippen LogP contribution < -0.4 is 16.0 Å². The maximum Gasteiger partial charge on any atom is 0.265 e. The van der Waals surface area contributed by atoms with E-state index in [0.717, 1.165) is 38.8 Å². The molecule has 2 aliphatic carbocycles. The summed E-state index contributed by atoms with van der Waals surface area (Å²) in [5.41, 5.74) is 6.16. The zero-order valence-corrected chi connectivity index (χ0v) is 19.0. The van der Waals surface area contributed by atoms with Crippen molar-refractivity contribution in [2.75, 3.05) is 49.6 Å². The molecule has 3 aliphatic rings. The summed E-state index contributed by atoms with van der Waals surface area (Å²) >= 11 is 0. The number of morpholine rings is 1. The molecule has 2 amide bonds. The summed E-state index contributed by atoms with van der Waals surface area (Å²) in [6.45, 7) is 2.37. The first-order valence-corrected chi connectivity index (χ1v) is 12.0. The van der Waals surface area contributed by atoms with Crippen LogP contribution in [0.25, 0.3) is 0 Å². The summed E-state index contributed by atoms with van der Waals surface area (Å²) in [7, 11) is 0. The van der Waals surface area contributed by atoms with Gasteiger partial charge in [-0.15, -0.1) is 0 Å². The fraction of sp³-hybridized carbons (Fsp3) is 0.667. The van der Waals surface area contributed by atoms with Gasteiger partial charge in [0.1, 0.15) is 12.6 Å². The van der Waals surface area contributed by atoms with Crippen LogP contribution in [0.15, 0.2) is 18.2 Å². The van der Waals surface area contributed by atoms with Crippen LogP contribution in [0, 0.1) is 11.8 Å². The van der Waals surface area contributed by atoms with Gasteiger partial charge in [-0.05, 0) is 55.7 Å². The lowest BCUT2D eigenvalue weighted by Crippen LogP contribution is -2.52. The fourth-order valence-corrected chi connectivity index (χ4v) is 4.78. The third-order valence-corrected chi connectivity index (χ3v) is 7.23. The molecule has 0 aromatic heterocycles. The third-order valence-electron chi connectivity index (χ3n) is 7.23. The van der Waals surface area contributed by atoms with E-state index in [1.165, 1.54) is 29.9 Å². The Morgan fingerprint density at radius 2 is 1.85 bits per heavy atom. The van der Waals surface area contributed by atoms with Gasteiger partial charge in [-0.1, -0.05) is 12.8 Å². The summed E-state index contributed by atoms with van der Waals surface area (Å²) in [6.07, 6.45) is 4.30. The Labute approximate surface area is 193 Å². The van der Waals surface area contributed by atoms with Gasteiger partial charge in [0, 0.05) is 43.1 Å². The molecule has 3 fully saturated rings. The Bertz CT molecular complexity index is 829. The normalized spacial score (nSPS) is 20.6. The number of hydrogen-bond acceptors (Lipinski definition) is 5. The van der Waals surface area contributed by atoms with Gasteiger partial charge >= 0.3 is 0 Å². The second-order valence-corrected chi connectivity index (χ2v) is 9.46. The maximum atomic E-state index is 13.9. The number of halogens is 2. The van der Waals surface area contributed by atoms with Gasteiger partial charge in [0.05, 0.1) is 6.61 Å². The van der Waals surface area contributed by atoms with Crippen molar-refractivity contribution in [3.8, 4) is 0 Å². The second-order valence-electron chi connectivity index (χ2n) is 9.46. The molecule has 0 bridgehead atoms. The van der Waals surface area contributed by atoms with Crippen LogP contribution in [0.4, 0.5) is 20.2 Å². The van der Waals surface area contributed by atoms with Crippen molar-refractivity contribution in [2.45, 2.75) is 51.0 Å². The molecule has 2 saturated carbocycles. The number of carbonyl (C=O) groups is 2. The summed E-state index contributed by atoms with van der Waals surface area (Å²) < 4.78 is 32.9. The summed E-state index contributed by atoms with van der Waals surface area (Å²) in [5, 5.41) is 2.71. The fourth-order valence-electron chi connectivity index (χ4n) is 4.78. The van der Waals surface area contributed by atoms with E-state index < -0.39 is 12.5 Å². The van der Waals surface area contributed by atoms with E-state index >= 15 is 0 Å². The largest absolute Gasteiger partial charge is 0.370 e. The Hall–Kier alpha value is -2.10. The van der Waals surface area contributed by atoms with Crippen LogP contribution in [0.5, 0.6) is 0 Å². The van der Waals surface area contributed by atoms with Gasteiger partial charge in [0.15, 0.2) is 0 Å². The van der Waals surface area contributed by atoms with Crippen LogP contribution in [0.1, 0.15) is 50.5 Å². The van der Waals surface area contributed by atoms with Crippen LogP contribution in [0.2, 0.25) is 0 Å². The van der Waals surface area contributed by atoms with Crippen molar-refractivity contribution in [1.29, 1.82) is 0 Å². The number of anilines is 2. The average molecular weight is 465 g/mol. The number of hydrogen-bond donors (Lipinski definition) is 2. The summed E-state index contributed by atoms with van der Waals surface area (Å²) in [6, 6.07) is 3.76. The van der Waals surface area contributed by atoms with Crippen LogP contribution >= 0.6 is 0 Å². The highest BCUT2D eigenvalue weighted by molar-refractivity contribution is 5.97. The second kappa shape index (κ2) is 10.9. The Morgan fingerprint density at radius 3 is 2.36 bits per heavy atom. The molecule has 7 nitrogen and oxygen atoms in total. The van der Waals surface area contributed by atoms with E-state index in [2.05, 4.69) is 10.2 Å². The van der Waals surface area contributed by atoms with Crippen molar-refractivity contribution in [1.82, 2.24) is 4.90 Å².